The van der Waals surface area contributed by atoms with Crippen molar-refractivity contribution in [3.63, 3.8) is 0 Å². The molecule has 3 heterocycles. The predicted octanol–water partition coefficient (Wildman–Crippen LogP) is 2.06. The van der Waals surface area contributed by atoms with Gasteiger partial charge in [-0.25, -0.2) is 9.97 Å². The maximum atomic E-state index is 6.12. The standard InChI is InChI=1S/C14H18N4O/c1-8-6-10-13(16-7-8)18(14(15)17-10)11-4-5-19-12(11)9-2-3-9/h6-7,9,11-12H,2-5H2,1H3,(H2,15,17). The fourth-order valence-electron chi connectivity index (χ4n) is 3.18. The second-order valence-corrected chi connectivity index (χ2v) is 5.72. The minimum atomic E-state index is 0.294. The number of nitrogen functional groups attached to an aromatic ring is 1. The third-order valence-electron chi connectivity index (χ3n) is 4.22. The van der Waals surface area contributed by atoms with Crippen molar-refractivity contribution in [2.45, 2.75) is 38.3 Å². The SMILES string of the molecule is Cc1cnc2c(c1)nc(N)n2C1CCOC1C1CC1. The third kappa shape index (κ3) is 1.72. The number of nitrogens with two attached hydrogens (primary N) is 1. The topological polar surface area (TPSA) is 66.0 Å². The maximum absolute atomic E-state index is 6.12. The number of hydrogen-bond acceptors (Lipinski definition) is 4. The Hall–Kier alpha value is -1.62. The molecule has 2 atom stereocenters. The van der Waals surface area contributed by atoms with Crippen molar-refractivity contribution >= 4 is 17.1 Å². The normalized spacial score (nSPS) is 27.2. The lowest BCUT2D eigenvalue weighted by molar-refractivity contribution is 0.0761. The molecule has 1 aliphatic heterocycles. The van der Waals surface area contributed by atoms with Crippen LogP contribution in [-0.2, 0) is 4.74 Å². The summed E-state index contributed by atoms with van der Waals surface area (Å²) >= 11 is 0. The zero-order valence-corrected chi connectivity index (χ0v) is 11.0. The highest BCUT2D eigenvalue weighted by Crippen LogP contribution is 2.44. The monoisotopic (exact) mass is 258 g/mol. The molecule has 0 amide bonds. The number of pyridine rings is 1. The van der Waals surface area contributed by atoms with Gasteiger partial charge in [0.1, 0.15) is 5.52 Å². The van der Waals surface area contributed by atoms with E-state index in [1.807, 2.05) is 19.2 Å². The quantitative estimate of drug-likeness (QED) is 0.895. The van der Waals surface area contributed by atoms with E-state index in [1.54, 1.807) is 0 Å². The molecule has 2 fully saturated rings. The molecule has 5 nitrogen and oxygen atoms in total. The summed E-state index contributed by atoms with van der Waals surface area (Å²) in [5, 5.41) is 0. The van der Waals surface area contributed by atoms with E-state index in [9.17, 15) is 0 Å². The highest BCUT2D eigenvalue weighted by molar-refractivity contribution is 5.74. The van der Waals surface area contributed by atoms with E-state index in [2.05, 4.69) is 14.5 Å². The van der Waals surface area contributed by atoms with E-state index in [4.69, 9.17) is 10.5 Å². The fourth-order valence-corrected chi connectivity index (χ4v) is 3.18. The van der Waals surface area contributed by atoms with Crippen LogP contribution in [-0.4, -0.2) is 27.2 Å². The Morgan fingerprint density at radius 1 is 1.37 bits per heavy atom. The Balaban J connectivity index is 1.83. The van der Waals surface area contributed by atoms with Gasteiger partial charge < -0.3 is 10.5 Å². The predicted molar refractivity (Wildman–Crippen MR) is 72.8 cm³/mol. The van der Waals surface area contributed by atoms with Crippen molar-refractivity contribution in [2.75, 3.05) is 12.3 Å². The molecule has 1 aliphatic carbocycles. The average Bonchev–Trinajstić information content (AvgIpc) is 3.02. The summed E-state index contributed by atoms with van der Waals surface area (Å²) < 4.78 is 8.00. The molecule has 5 heteroatoms. The molecular weight excluding hydrogens is 240 g/mol. The van der Waals surface area contributed by atoms with Crippen LogP contribution in [0.15, 0.2) is 12.3 Å². The smallest absolute Gasteiger partial charge is 0.202 e. The molecule has 2 aromatic heterocycles. The van der Waals surface area contributed by atoms with Crippen LogP contribution in [0.2, 0.25) is 0 Å². The van der Waals surface area contributed by atoms with Crippen molar-refractivity contribution in [1.82, 2.24) is 14.5 Å². The van der Waals surface area contributed by atoms with Gasteiger partial charge in [-0.15, -0.1) is 0 Å². The lowest BCUT2D eigenvalue weighted by Crippen LogP contribution is -2.23. The first-order valence-corrected chi connectivity index (χ1v) is 6.95. The molecule has 0 aromatic carbocycles. The second-order valence-electron chi connectivity index (χ2n) is 5.72. The molecule has 2 N–H and O–H groups in total. The van der Waals surface area contributed by atoms with E-state index >= 15 is 0 Å². The van der Waals surface area contributed by atoms with Gasteiger partial charge in [-0.05, 0) is 43.7 Å². The first kappa shape index (κ1) is 11.2. The lowest BCUT2D eigenvalue weighted by Gasteiger charge is -2.20. The van der Waals surface area contributed by atoms with Crippen LogP contribution in [0, 0.1) is 12.8 Å². The van der Waals surface area contributed by atoms with E-state index in [0.29, 0.717) is 24.0 Å². The molecule has 0 radical (unpaired) electrons. The lowest BCUT2D eigenvalue weighted by atomic mass is 10.1. The summed E-state index contributed by atoms with van der Waals surface area (Å²) in [6.45, 7) is 2.84. The van der Waals surface area contributed by atoms with Crippen LogP contribution in [0.3, 0.4) is 0 Å². The van der Waals surface area contributed by atoms with Gasteiger partial charge in [-0.2, -0.15) is 0 Å². The van der Waals surface area contributed by atoms with Gasteiger partial charge in [0.05, 0.1) is 12.1 Å². The summed E-state index contributed by atoms with van der Waals surface area (Å²) in [7, 11) is 0. The zero-order chi connectivity index (χ0) is 13.0. The summed E-state index contributed by atoms with van der Waals surface area (Å²) in [6, 6.07) is 2.34. The van der Waals surface area contributed by atoms with E-state index < -0.39 is 0 Å². The van der Waals surface area contributed by atoms with Crippen LogP contribution in [0.1, 0.15) is 30.9 Å². The fraction of sp³-hybridized carbons (Fsp3) is 0.571. The zero-order valence-electron chi connectivity index (χ0n) is 11.0. The molecule has 100 valence electrons. The minimum absolute atomic E-state index is 0.294. The van der Waals surface area contributed by atoms with Crippen LogP contribution >= 0.6 is 0 Å². The number of anilines is 1. The second kappa shape index (κ2) is 3.93. The number of nitrogens with zero attached hydrogens (tertiary/aromatic N) is 3. The van der Waals surface area contributed by atoms with Crippen molar-refractivity contribution in [3.8, 4) is 0 Å². The molecule has 1 saturated carbocycles. The Morgan fingerprint density at radius 2 is 2.21 bits per heavy atom. The first-order chi connectivity index (χ1) is 9.24. The summed E-state index contributed by atoms with van der Waals surface area (Å²) in [4.78, 5) is 8.98. The van der Waals surface area contributed by atoms with Gasteiger partial charge in [0.25, 0.3) is 0 Å². The largest absolute Gasteiger partial charge is 0.376 e. The first-order valence-electron chi connectivity index (χ1n) is 6.95. The van der Waals surface area contributed by atoms with Gasteiger partial charge in [-0.3, -0.25) is 4.57 Å². The molecule has 4 rings (SSSR count). The van der Waals surface area contributed by atoms with Crippen molar-refractivity contribution < 1.29 is 4.74 Å². The molecule has 2 unspecified atom stereocenters. The molecule has 2 aromatic rings. The number of ether oxygens (including phenoxy) is 1. The Labute approximate surface area is 111 Å². The number of aryl methyl sites for hydroxylation is 1. The van der Waals surface area contributed by atoms with Gasteiger partial charge in [0.15, 0.2) is 5.65 Å². The van der Waals surface area contributed by atoms with Crippen molar-refractivity contribution in [1.29, 1.82) is 0 Å². The molecule has 0 bridgehead atoms. The molecule has 19 heavy (non-hydrogen) atoms. The van der Waals surface area contributed by atoms with Crippen LogP contribution in [0.25, 0.3) is 11.2 Å². The van der Waals surface area contributed by atoms with Crippen LogP contribution < -0.4 is 5.73 Å². The Kier molecular flexibility index (Phi) is 2.33. The highest BCUT2D eigenvalue weighted by Gasteiger charge is 2.42. The number of rotatable bonds is 2. The summed E-state index contributed by atoms with van der Waals surface area (Å²) in [5.74, 6) is 1.27. The van der Waals surface area contributed by atoms with Gasteiger partial charge in [-0.1, -0.05) is 0 Å². The third-order valence-corrected chi connectivity index (χ3v) is 4.22. The number of hydrogen-bond donors (Lipinski definition) is 1. The van der Waals surface area contributed by atoms with Gasteiger partial charge in [0, 0.05) is 12.8 Å². The van der Waals surface area contributed by atoms with Crippen LogP contribution in [0.4, 0.5) is 5.95 Å². The number of aromatic nitrogens is 3. The summed E-state index contributed by atoms with van der Waals surface area (Å²) in [5.41, 5.74) is 9.01. The van der Waals surface area contributed by atoms with E-state index in [1.165, 1.54) is 12.8 Å². The molecule has 1 saturated heterocycles. The number of imidazole rings is 1. The average molecular weight is 258 g/mol. The van der Waals surface area contributed by atoms with E-state index in [0.717, 1.165) is 29.8 Å². The molecular formula is C14H18N4O. The highest BCUT2D eigenvalue weighted by atomic mass is 16.5. The maximum Gasteiger partial charge on any atom is 0.202 e. The van der Waals surface area contributed by atoms with Gasteiger partial charge >= 0.3 is 0 Å². The molecule has 0 spiro atoms. The Morgan fingerprint density at radius 3 is 3.00 bits per heavy atom. The number of fused-ring (bicyclic) bond motifs is 1. The van der Waals surface area contributed by atoms with E-state index in [-0.39, 0.29) is 0 Å². The summed E-state index contributed by atoms with van der Waals surface area (Å²) in [6.07, 6.45) is 5.73. The van der Waals surface area contributed by atoms with Crippen molar-refractivity contribution in [3.05, 3.63) is 17.8 Å². The molecule has 2 aliphatic rings. The van der Waals surface area contributed by atoms with Crippen LogP contribution in [0.5, 0.6) is 0 Å². The Bertz CT molecular complexity index is 632. The van der Waals surface area contributed by atoms with Crippen molar-refractivity contribution in [2.24, 2.45) is 5.92 Å². The minimum Gasteiger partial charge on any atom is -0.376 e. The van der Waals surface area contributed by atoms with Gasteiger partial charge in [0.2, 0.25) is 5.95 Å².